The van der Waals surface area contributed by atoms with Crippen LogP contribution in [0.25, 0.3) is 0 Å². The molecule has 1 aliphatic rings. The average Bonchev–Trinajstić information content (AvgIpc) is 2.54. The van der Waals surface area contributed by atoms with E-state index in [9.17, 15) is 4.79 Å². The maximum Gasteiger partial charge on any atom is 0.410 e. The van der Waals surface area contributed by atoms with Gasteiger partial charge >= 0.3 is 6.09 Å². The number of likely N-dealkylation sites (tertiary alicyclic amines) is 1. The number of hydrogen-bond donors (Lipinski definition) is 1. The van der Waals surface area contributed by atoms with Crippen molar-refractivity contribution in [2.45, 2.75) is 65.1 Å². The molecule has 3 atom stereocenters. The zero-order chi connectivity index (χ0) is 17.7. The molecule has 0 aromatic heterocycles. The van der Waals surface area contributed by atoms with Crippen molar-refractivity contribution in [3.05, 3.63) is 35.9 Å². The van der Waals surface area contributed by atoms with Gasteiger partial charge in [-0.25, -0.2) is 4.79 Å². The van der Waals surface area contributed by atoms with Crippen molar-refractivity contribution in [3.8, 4) is 0 Å². The first-order valence-corrected chi connectivity index (χ1v) is 9.09. The molecule has 1 heterocycles. The number of hydrogen-bond acceptors (Lipinski definition) is 3. The molecular formula is C20H32N2O2. The molecule has 2 rings (SSSR count). The third kappa shape index (κ3) is 5.23. The second-order valence-corrected chi connectivity index (χ2v) is 7.79. The zero-order valence-corrected chi connectivity index (χ0v) is 15.7. The standard InChI is InChI=1S/C20H32N2O2/c1-6-16-14-22(19(23)24-20(3,4)5)13-12-18(16)21-15(2)17-10-8-7-9-11-17/h7-11,15-16,18,21H,6,12-14H2,1-5H3/t15-,16-,18-/m0/s1. The fourth-order valence-electron chi connectivity index (χ4n) is 3.32. The summed E-state index contributed by atoms with van der Waals surface area (Å²) in [5.41, 5.74) is 0.873. The number of amides is 1. The largest absolute Gasteiger partial charge is 0.444 e. The van der Waals surface area contributed by atoms with Crippen LogP contribution in [0.3, 0.4) is 0 Å². The van der Waals surface area contributed by atoms with Crippen molar-refractivity contribution < 1.29 is 9.53 Å². The molecule has 0 bridgehead atoms. The van der Waals surface area contributed by atoms with E-state index >= 15 is 0 Å². The highest BCUT2D eigenvalue weighted by Crippen LogP contribution is 2.25. The Bertz CT molecular complexity index is 524. The highest BCUT2D eigenvalue weighted by atomic mass is 16.6. The van der Waals surface area contributed by atoms with Crippen molar-refractivity contribution >= 4 is 6.09 Å². The monoisotopic (exact) mass is 332 g/mol. The summed E-state index contributed by atoms with van der Waals surface area (Å²) in [4.78, 5) is 14.2. The van der Waals surface area contributed by atoms with Gasteiger partial charge in [-0.2, -0.15) is 0 Å². The summed E-state index contributed by atoms with van der Waals surface area (Å²) >= 11 is 0. The lowest BCUT2D eigenvalue weighted by Crippen LogP contribution is -2.52. The van der Waals surface area contributed by atoms with E-state index in [1.54, 1.807) is 0 Å². The van der Waals surface area contributed by atoms with Gasteiger partial charge in [-0.1, -0.05) is 43.7 Å². The number of nitrogens with zero attached hydrogens (tertiary/aromatic N) is 1. The quantitative estimate of drug-likeness (QED) is 0.890. The summed E-state index contributed by atoms with van der Waals surface area (Å²) in [5.74, 6) is 0.456. The van der Waals surface area contributed by atoms with Gasteiger partial charge in [0.25, 0.3) is 0 Å². The zero-order valence-electron chi connectivity index (χ0n) is 15.7. The van der Waals surface area contributed by atoms with E-state index in [1.165, 1.54) is 5.56 Å². The molecule has 4 nitrogen and oxygen atoms in total. The predicted molar refractivity (Wildman–Crippen MR) is 98.0 cm³/mol. The van der Waals surface area contributed by atoms with E-state index in [1.807, 2.05) is 31.7 Å². The van der Waals surface area contributed by atoms with Crippen LogP contribution < -0.4 is 5.32 Å². The molecule has 134 valence electrons. The number of piperidine rings is 1. The number of ether oxygens (including phenoxy) is 1. The Kier molecular flexibility index (Phi) is 6.27. The maximum atomic E-state index is 12.3. The highest BCUT2D eigenvalue weighted by Gasteiger charge is 2.33. The maximum absolute atomic E-state index is 12.3. The second kappa shape index (κ2) is 8.02. The van der Waals surface area contributed by atoms with Gasteiger partial charge in [-0.15, -0.1) is 0 Å². The molecule has 4 heteroatoms. The molecule has 0 saturated carbocycles. The SMILES string of the molecule is CC[C@H]1CN(C(=O)OC(C)(C)C)CC[C@@H]1N[C@@H](C)c1ccccc1. The molecule has 0 spiro atoms. The third-order valence-corrected chi connectivity index (χ3v) is 4.67. The second-order valence-electron chi connectivity index (χ2n) is 7.79. The van der Waals surface area contributed by atoms with Crippen molar-refractivity contribution in [3.63, 3.8) is 0 Å². The minimum absolute atomic E-state index is 0.185. The van der Waals surface area contributed by atoms with E-state index in [0.717, 1.165) is 25.9 Å². The van der Waals surface area contributed by atoms with Crippen LogP contribution in [0.4, 0.5) is 4.79 Å². The molecule has 1 aromatic rings. The topological polar surface area (TPSA) is 41.6 Å². The van der Waals surface area contributed by atoms with Crippen molar-refractivity contribution in [1.82, 2.24) is 10.2 Å². The Morgan fingerprint density at radius 3 is 2.58 bits per heavy atom. The lowest BCUT2D eigenvalue weighted by molar-refractivity contribution is 0.0125. The Balaban J connectivity index is 1.94. The summed E-state index contributed by atoms with van der Waals surface area (Å²) < 4.78 is 5.52. The number of nitrogens with one attached hydrogen (secondary N) is 1. The minimum Gasteiger partial charge on any atom is -0.444 e. The number of carbonyl (C=O) groups excluding carboxylic acids is 1. The van der Waals surface area contributed by atoms with Crippen LogP contribution in [-0.2, 0) is 4.74 Å². The smallest absolute Gasteiger partial charge is 0.410 e. The summed E-state index contributed by atoms with van der Waals surface area (Å²) in [6.45, 7) is 11.7. The van der Waals surface area contributed by atoms with Gasteiger partial charge in [-0.3, -0.25) is 0 Å². The van der Waals surface area contributed by atoms with Gasteiger partial charge < -0.3 is 15.0 Å². The van der Waals surface area contributed by atoms with Gasteiger partial charge in [0.2, 0.25) is 0 Å². The first-order valence-electron chi connectivity index (χ1n) is 9.09. The molecule has 0 radical (unpaired) electrons. The van der Waals surface area contributed by atoms with Crippen LogP contribution >= 0.6 is 0 Å². The number of benzene rings is 1. The molecule has 1 amide bonds. The minimum atomic E-state index is -0.435. The molecule has 0 aliphatic carbocycles. The summed E-state index contributed by atoms with van der Waals surface area (Å²) in [6, 6.07) is 11.3. The fraction of sp³-hybridized carbons (Fsp3) is 0.650. The number of carbonyl (C=O) groups is 1. The Hall–Kier alpha value is -1.55. The average molecular weight is 332 g/mol. The van der Waals surface area contributed by atoms with E-state index in [2.05, 4.69) is 43.4 Å². The van der Waals surface area contributed by atoms with E-state index < -0.39 is 5.60 Å². The molecule has 1 aromatic carbocycles. The third-order valence-electron chi connectivity index (χ3n) is 4.67. The van der Waals surface area contributed by atoms with Crippen molar-refractivity contribution in [2.24, 2.45) is 5.92 Å². The molecule has 0 unspecified atom stereocenters. The van der Waals surface area contributed by atoms with E-state index in [0.29, 0.717) is 18.0 Å². The van der Waals surface area contributed by atoms with Crippen LogP contribution in [-0.4, -0.2) is 35.7 Å². The van der Waals surface area contributed by atoms with Crippen molar-refractivity contribution in [1.29, 1.82) is 0 Å². The first kappa shape index (κ1) is 18.8. The lowest BCUT2D eigenvalue weighted by Gasteiger charge is -2.40. The molecule has 1 saturated heterocycles. The summed E-state index contributed by atoms with van der Waals surface area (Å²) in [5, 5.41) is 3.77. The molecular weight excluding hydrogens is 300 g/mol. The summed E-state index contributed by atoms with van der Waals surface area (Å²) in [7, 11) is 0. The van der Waals surface area contributed by atoms with Crippen LogP contribution in [0.1, 0.15) is 59.1 Å². The fourth-order valence-corrected chi connectivity index (χ4v) is 3.32. The highest BCUT2D eigenvalue weighted by molar-refractivity contribution is 5.68. The predicted octanol–water partition coefficient (Wildman–Crippen LogP) is 4.37. The van der Waals surface area contributed by atoms with Crippen LogP contribution in [0.15, 0.2) is 30.3 Å². The van der Waals surface area contributed by atoms with Gasteiger partial charge in [0.15, 0.2) is 0 Å². The Labute approximate surface area is 146 Å². The lowest BCUT2D eigenvalue weighted by atomic mass is 9.89. The molecule has 24 heavy (non-hydrogen) atoms. The first-order chi connectivity index (χ1) is 11.3. The van der Waals surface area contributed by atoms with E-state index in [4.69, 9.17) is 4.74 Å². The van der Waals surface area contributed by atoms with Crippen LogP contribution in [0.2, 0.25) is 0 Å². The van der Waals surface area contributed by atoms with Gasteiger partial charge in [0, 0.05) is 25.2 Å². The molecule has 1 fully saturated rings. The molecule has 1 N–H and O–H groups in total. The van der Waals surface area contributed by atoms with Crippen LogP contribution in [0.5, 0.6) is 0 Å². The Morgan fingerprint density at radius 2 is 2.00 bits per heavy atom. The number of rotatable bonds is 4. The molecule has 1 aliphatic heterocycles. The van der Waals surface area contributed by atoms with Gasteiger partial charge in [-0.05, 0) is 45.6 Å². The van der Waals surface area contributed by atoms with Crippen molar-refractivity contribution in [2.75, 3.05) is 13.1 Å². The van der Waals surface area contributed by atoms with Gasteiger partial charge in [0.1, 0.15) is 5.60 Å². The van der Waals surface area contributed by atoms with Crippen LogP contribution in [0, 0.1) is 5.92 Å². The Morgan fingerprint density at radius 1 is 1.33 bits per heavy atom. The summed E-state index contributed by atoms with van der Waals surface area (Å²) in [6.07, 6.45) is 1.84. The normalized spacial score (nSPS) is 23.0. The van der Waals surface area contributed by atoms with Gasteiger partial charge in [0.05, 0.1) is 0 Å². The van der Waals surface area contributed by atoms with E-state index in [-0.39, 0.29) is 6.09 Å².